The third-order valence-corrected chi connectivity index (χ3v) is 2.02. The Bertz CT molecular complexity index is 243. The second-order valence-corrected chi connectivity index (χ2v) is 3.27. The zero-order chi connectivity index (χ0) is 8.97. The van der Waals surface area contributed by atoms with Crippen LogP contribution in [-0.4, -0.2) is 14.5 Å². The first-order valence-electron chi connectivity index (χ1n) is 3.99. The van der Waals surface area contributed by atoms with Gasteiger partial charge < -0.3 is 10.3 Å². The Morgan fingerprint density at radius 1 is 1.75 bits per heavy atom. The van der Waals surface area contributed by atoms with Crippen LogP contribution >= 0.6 is 12.2 Å². The van der Waals surface area contributed by atoms with Gasteiger partial charge in [0, 0.05) is 24.9 Å². The van der Waals surface area contributed by atoms with Gasteiger partial charge in [0.1, 0.15) is 0 Å². The average molecular weight is 183 g/mol. The summed E-state index contributed by atoms with van der Waals surface area (Å²) in [4.78, 5) is 4.54. The van der Waals surface area contributed by atoms with Crippen LogP contribution in [0.3, 0.4) is 0 Å². The minimum absolute atomic E-state index is 0.366. The summed E-state index contributed by atoms with van der Waals surface area (Å²) < 4.78 is 2.04. The van der Waals surface area contributed by atoms with E-state index in [1.807, 2.05) is 10.8 Å². The molecule has 0 spiro atoms. The van der Waals surface area contributed by atoms with Crippen molar-refractivity contribution in [2.45, 2.75) is 25.8 Å². The van der Waals surface area contributed by atoms with E-state index >= 15 is 0 Å². The van der Waals surface area contributed by atoms with Gasteiger partial charge in [0.2, 0.25) is 0 Å². The predicted octanol–water partition coefficient (Wildman–Crippen LogP) is 1.51. The Kier molecular flexibility index (Phi) is 3.22. The molecule has 2 N–H and O–H groups in total. The molecule has 66 valence electrons. The molecule has 0 bridgehead atoms. The zero-order valence-corrected chi connectivity index (χ0v) is 7.92. The molecule has 1 rings (SSSR count). The van der Waals surface area contributed by atoms with Crippen molar-refractivity contribution < 1.29 is 0 Å². The molecule has 1 aromatic rings. The highest BCUT2D eigenvalue weighted by Crippen LogP contribution is 2.14. The molecule has 1 heterocycles. The maximum Gasteiger partial charge on any atom is 0.0948 e. The molecule has 0 aliphatic heterocycles. The summed E-state index contributed by atoms with van der Waals surface area (Å²) >= 11 is 4.86. The van der Waals surface area contributed by atoms with Crippen LogP contribution in [0, 0.1) is 0 Å². The first-order chi connectivity index (χ1) is 5.74. The van der Waals surface area contributed by atoms with Crippen molar-refractivity contribution in [2.75, 3.05) is 0 Å². The van der Waals surface area contributed by atoms with Gasteiger partial charge in [0.05, 0.1) is 11.3 Å². The summed E-state index contributed by atoms with van der Waals surface area (Å²) in [7, 11) is 0. The number of hydrogen-bond donors (Lipinski definition) is 1. The van der Waals surface area contributed by atoms with Crippen molar-refractivity contribution in [3.05, 3.63) is 18.7 Å². The molecule has 1 atom stereocenters. The smallest absolute Gasteiger partial charge is 0.0948 e. The molecule has 4 heteroatoms. The first-order valence-corrected chi connectivity index (χ1v) is 4.40. The van der Waals surface area contributed by atoms with Crippen LogP contribution in [0.25, 0.3) is 0 Å². The quantitative estimate of drug-likeness (QED) is 0.720. The number of imidazole rings is 1. The van der Waals surface area contributed by atoms with Crippen LogP contribution < -0.4 is 5.73 Å². The zero-order valence-electron chi connectivity index (χ0n) is 7.10. The van der Waals surface area contributed by atoms with Gasteiger partial charge in [-0.15, -0.1) is 0 Å². The SMILES string of the molecule is CCC(CC(N)=S)n1ccnc1. The van der Waals surface area contributed by atoms with Gasteiger partial charge in [-0.2, -0.15) is 0 Å². The van der Waals surface area contributed by atoms with Crippen molar-refractivity contribution in [2.24, 2.45) is 5.73 Å². The lowest BCUT2D eigenvalue weighted by Gasteiger charge is -2.14. The van der Waals surface area contributed by atoms with E-state index in [0.29, 0.717) is 11.0 Å². The highest BCUT2D eigenvalue weighted by Gasteiger charge is 2.08. The van der Waals surface area contributed by atoms with Gasteiger partial charge in [-0.25, -0.2) is 4.98 Å². The van der Waals surface area contributed by atoms with Gasteiger partial charge >= 0.3 is 0 Å². The summed E-state index contributed by atoms with van der Waals surface area (Å²) in [5, 5.41) is 0. The lowest BCUT2D eigenvalue weighted by atomic mass is 10.1. The van der Waals surface area contributed by atoms with Crippen LogP contribution in [0.5, 0.6) is 0 Å². The molecule has 0 saturated carbocycles. The maximum absolute atomic E-state index is 5.47. The summed E-state index contributed by atoms with van der Waals surface area (Å²) in [5.41, 5.74) is 5.47. The van der Waals surface area contributed by atoms with Gasteiger partial charge in [-0.3, -0.25) is 0 Å². The third kappa shape index (κ3) is 2.30. The third-order valence-electron chi connectivity index (χ3n) is 1.85. The number of nitrogens with two attached hydrogens (primary N) is 1. The Hall–Kier alpha value is -0.900. The molecule has 0 amide bonds. The monoisotopic (exact) mass is 183 g/mol. The van der Waals surface area contributed by atoms with Gasteiger partial charge in [-0.1, -0.05) is 19.1 Å². The minimum Gasteiger partial charge on any atom is -0.393 e. The molecule has 0 radical (unpaired) electrons. The Morgan fingerprint density at radius 3 is 2.92 bits per heavy atom. The fraction of sp³-hybridized carbons (Fsp3) is 0.500. The van der Waals surface area contributed by atoms with E-state index in [4.69, 9.17) is 18.0 Å². The van der Waals surface area contributed by atoms with Gasteiger partial charge in [-0.05, 0) is 6.42 Å². The first kappa shape index (κ1) is 9.19. The standard InChI is InChI=1S/C8H13N3S/c1-2-7(5-8(9)12)11-4-3-10-6-11/h3-4,6-7H,2,5H2,1H3,(H2,9,12). The number of hydrogen-bond acceptors (Lipinski definition) is 2. The Balaban J connectivity index is 2.63. The Labute approximate surface area is 77.6 Å². The lowest BCUT2D eigenvalue weighted by molar-refractivity contribution is 0.503. The van der Waals surface area contributed by atoms with Crippen molar-refractivity contribution in [1.29, 1.82) is 0 Å². The van der Waals surface area contributed by atoms with E-state index in [2.05, 4.69) is 11.9 Å². The van der Waals surface area contributed by atoms with E-state index in [-0.39, 0.29) is 0 Å². The highest BCUT2D eigenvalue weighted by molar-refractivity contribution is 7.80. The molecule has 0 aromatic carbocycles. The normalized spacial score (nSPS) is 12.8. The van der Waals surface area contributed by atoms with Crippen LogP contribution in [-0.2, 0) is 0 Å². The van der Waals surface area contributed by atoms with E-state index in [1.165, 1.54) is 0 Å². The fourth-order valence-electron chi connectivity index (χ4n) is 1.18. The molecule has 0 fully saturated rings. The number of nitrogens with zero attached hydrogens (tertiary/aromatic N) is 2. The van der Waals surface area contributed by atoms with E-state index in [0.717, 1.165) is 12.8 Å². The average Bonchev–Trinajstić information content (AvgIpc) is 2.51. The van der Waals surface area contributed by atoms with E-state index < -0.39 is 0 Å². The lowest BCUT2D eigenvalue weighted by Crippen LogP contribution is -2.16. The number of rotatable bonds is 4. The maximum atomic E-state index is 5.47. The van der Waals surface area contributed by atoms with Gasteiger partial charge in [0.15, 0.2) is 0 Å². The van der Waals surface area contributed by atoms with Crippen LogP contribution in [0.2, 0.25) is 0 Å². The molecule has 1 unspecified atom stereocenters. The molecule has 3 nitrogen and oxygen atoms in total. The van der Waals surface area contributed by atoms with E-state index in [1.54, 1.807) is 12.5 Å². The Morgan fingerprint density at radius 2 is 2.50 bits per heavy atom. The van der Waals surface area contributed by atoms with Crippen LogP contribution in [0.15, 0.2) is 18.7 Å². The number of aromatic nitrogens is 2. The van der Waals surface area contributed by atoms with Gasteiger partial charge in [0.25, 0.3) is 0 Å². The molecular weight excluding hydrogens is 170 g/mol. The molecule has 0 saturated heterocycles. The molecule has 0 aliphatic rings. The van der Waals surface area contributed by atoms with Crippen molar-refractivity contribution in [3.63, 3.8) is 0 Å². The fourth-order valence-corrected chi connectivity index (χ4v) is 1.37. The second kappa shape index (κ2) is 4.21. The summed E-state index contributed by atoms with van der Waals surface area (Å²) in [6.07, 6.45) is 7.27. The van der Waals surface area contributed by atoms with Crippen LogP contribution in [0.4, 0.5) is 0 Å². The second-order valence-electron chi connectivity index (χ2n) is 2.74. The molecule has 12 heavy (non-hydrogen) atoms. The molecule has 0 aliphatic carbocycles. The van der Waals surface area contributed by atoms with Crippen molar-refractivity contribution >= 4 is 17.2 Å². The summed E-state index contributed by atoms with van der Waals surface area (Å²) in [6, 6.07) is 0.366. The summed E-state index contributed by atoms with van der Waals surface area (Å²) in [6.45, 7) is 2.11. The highest BCUT2D eigenvalue weighted by atomic mass is 32.1. The van der Waals surface area contributed by atoms with Crippen LogP contribution in [0.1, 0.15) is 25.8 Å². The minimum atomic E-state index is 0.366. The largest absolute Gasteiger partial charge is 0.393 e. The molecule has 1 aromatic heterocycles. The van der Waals surface area contributed by atoms with Crippen molar-refractivity contribution in [1.82, 2.24) is 9.55 Å². The van der Waals surface area contributed by atoms with Crippen molar-refractivity contribution in [3.8, 4) is 0 Å². The predicted molar refractivity (Wildman–Crippen MR) is 53.0 cm³/mol. The van der Waals surface area contributed by atoms with E-state index in [9.17, 15) is 0 Å². The summed E-state index contributed by atoms with van der Waals surface area (Å²) in [5.74, 6) is 0. The topological polar surface area (TPSA) is 43.8 Å². The number of thiocarbonyl (C=S) groups is 1. The molecular formula is C8H13N3S.